The van der Waals surface area contributed by atoms with Gasteiger partial charge in [0.05, 0.1) is 0 Å². The lowest BCUT2D eigenvalue weighted by atomic mass is 10.2. The second-order valence-corrected chi connectivity index (χ2v) is 5.62. The molecule has 22 heavy (non-hydrogen) atoms. The maximum Gasteiger partial charge on any atom is 0.191 e. The number of benzene rings is 1. The van der Waals surface area contributed by atoms with Crippen molar-refractivity contribution in [1.29, 1.82) is 0 Å². The largest absolute Gasteiger partial charge is 0.369 e. The molecule has 1 fully saturated rings. The zero-order chi connectivity index (χ0) is 14.9. The highest BCUT2D eigenvalue weighted by Crippen LogP contribution is 2.19. The number of hydrogen-bond donors (Lipinski definition) is 2. The van der Waals surface area contributed by atoms with Crippen LogP contribution in [-0.2, 0) is 0 Å². The monoisotopic (exact) mass is 416 g/mol. The lowest BCUT2D eigenvalue weighted by Crippen LogP contribution is -2.44. The summed E-state index contributed by atoms with van der Waals surface area (Å²) < 4.78 is 0. The number of hydrogen-bond acceptors (Lipinski definition) is 2. The van der Waals surface area contributed by atoms with Crippen LogP contribution in [-0.4, -0.2) is 38.7 Å². The number of para-hydroxylation sites is 1. The van der Waals surface area contributed by atoms with E-state index in [1.807, 2.05) is 7.05 Å². The summed E-state index contributed by atoms with van der Waals surface area (Å²) in [6.07, 6.45) is 4.89. The van der Waals surface area contributed by atoms with Crippen molar-refractivity contribution in [2.24, 2.45) is 4.99 Å². The number of nitrogens with zero attached hydrogens (tertiary/aromatic N) is 2. The van der Waals surface area contributed by atoms with Gasteiger partial charge in [0.25, 0.3) is 0 Å². The number of rotatable bonds is 6. The third-order valence-corrected chi connectivity index (χ3v) is 3.95. The molecule has 2 rings (SSSR count). The number of halogens is 1. The van der Waals surface area contributed by atoms with Gasteiger partial charge in [-0.1, -0.05) is 38.0 Å². The molecule has 0 spiro atoms. The summed E-state index contributed by atoms with van der Waals surface area (Å²) in [4.78, 5) is 6.76. The average Bonchev–Trinajstić information content (AvgIpc) is 3.00. The predicted octanol–water partition coefficient (Wildman–Crippen LogP) is 3.24. The molecule has 4 nitrogen and oxygen atoms in total. The van der Waals surface area contributed by atoms with E-state index in [-0.39, 0.29) is 24.0 Å². The van der Waals surface area contributed by atoms with Gasteiger partial charge in [-0.15, -0.1) is 24.0 Å². The number of aliphatic imine (C=N–C) groups is 1. The summed E-state index contributed by atoms with van der Waals surface area (Å²) in [5.74, 6) is 0.936. The topological polar surface area (TPSA) is 39.7 Å². The Morgan fingerprint density at radius 2 is 2.05 bits per heavy atom. The van der Waals surface area contributed by atoms with Crippen molar-refractivity contribution < 1.29 is 0 Å². The van der Waals surface area contributed by atoms with Gasteiger partial charge in [0.15, 0.2) is 5.96 Å². The van der Waals surface area contributed by atoms with Crippen LogP contribution in [0.4, 0.5) is 5.69 Å². The van der Waals surface area contributed by atoms with E-state index in [1.54, 1.807) is 0 Å². The van der Waals surface area contributed by atoms with Gasteiger partial charge in [-0.3, -0.25) is 4.99 Å². The molecule has 0 aromatic heterocycles. The van der Waals surface area contributed by atoms with E-state index >= 15 is 0 Å². The van der Waals surface area contributed by atoms with Crippen LogP contribution < -0.4 is 15.5 Å². The molecule has 0 radical (unpaired) electrons. The SMILES string of the molecule is CCCCCNC(=NC)NC1CCN(c2ccccc2)C1.I. The third-order valence-electron chi connectivity index (χ3n) is 3.95. The lowest BCUT2D eigenvalue weighted by molar-refractivity contribution is 0.633. The summed E-state index contributed by atoms with van der Waals surface area (Å²) >= 11 is 0. The van der Waals surface area contributed by atoms with Crippen LogP contribution in [0.15, 0.2) is 35.3 Å². The highest BCUT2D eigenvalue weighted by Gasteiger charge is 2.23. The maximum atomic E-state index is 4.32. The van der Waals surface area contributed by atoms with Crippen molar-refractivity contribution in [3.63, 3.8) is 0 Å². The van der Waals surface area contributed by atoms with E-state index in [0.717, 1.165) is 32.0 Å². The Bertz CT molecular complexity index is 436. The first-order valence-corrected chi connectivity index (χ1v) is 8.10. The summed E-state index contributed by atoms with van der Waals surface area (Å²) in [5, 5.41) is 6.95. The zero-order valence-corrected chi connectivity index (χ0v) is 16.0. The highest BCUT2D eigenvalue weighted by atomic mass is 127. The second-order valence-electron chi connectivity index (χ2n) is 5.62. The van der Waals surface area contributed by atoms with E-state index in [9.17, 15) is 0 Å². The Morgan fingerprint density at radius 3 is 2.73 bits per heavy atom. The van der Waals surface area contributed by atoms with Crippen LogP contribution in [0.5, 0.6) is 0 Å². The molecule has 2 N–H and O–H groups in total. The fourth-order valence-corrected chi connectivity index (χ4v) is 2.72. The molecule has 0 aliphatic carbocycles. The van der Waals surface area contributed by atoms with Crippen molar-refractivity contribution in [2.75, 3.05) is 31.6 Å². The minimum atomic E-state index is 0. The molecule has 0 saturated carbocycles. The lowest BCUT2D eigenvalue weighted by Gasteiger charge is -2.20. The van der Waals surface area contributed by atoms with Crippen molar-refractivity contribution in [3.05, 3.63) is 30.3 Å². The first-order chi connectivity index (χ1) is 10.3. The molecule has 1 atom stereocenters. The Hall–Kier alpha value is -0.980. The van der Waals surface area contributed by atoms with Crippen LogP contribution >= 0.6 is 24.0 Å². The number of guanidine groups is 1. The van der Waals surface area contributed by atoms with Crippen LogP contribution in [0, 0.1) is 0 Å². The molecule has 0 amide bonds. The van der Waals surface area contributed by atoms with Crippen LogP contribution in [0.25, 0.3) is 0 Å². The molecular weight excluding hydrogens is 387 g/mol. The first-order valence-electron chi connectivity index (χ1n) is 8.10. The van der Waals surface area contributed by atoms with Gasteiger partial charge in [0.2, 0.25) is 0 Å². The van der Waals surface area contributed by atoms with Crippen molar-refractivity contribution in [2.45, 2.75) is 38.6 Å². The Morgan fingerprint density at radius 1 is 1.27 bits per heavy atom. The van der Waals surface area contributed by atoms with E-state index in [1.165, 1.54) is 24.9 Å². The van der Waals surface area contributed by atoms with Crippen LogP contribution in [0.1, 0.15) is 32.6 Å². The van der Waals surface area contributed by atoms with Gasteiger partial charge in [0.1, 0.15) is 0 Å². The standard InChI is InChI=1S/C17H28N4.HI/c1-3-4-8-12-19-17(18-2)20-15-11-13-21(14-15)16-9-6-5-7-10-16;/h5-7,9-10,15H,3-4,8,11-14H2,1-2H3,(H2,18,19,20);1H. The normalized spacial score (nSPS) is 18.0. The van der Waals surface area contributed by atoms with Gasteiger partial charge >= 0.3 is 0 Å². The number of nitrogens with one attached hydrogen (secondary N) is 2. The van der Waals surface area contributed by atoms with Gasteiger partial charge in [-0.2, -0.15) is 0 Å². The summed E-state index contributed by atoms with van der Waals surface area (Å²) in [6, 6.07) is 11.1. The fourth-order valence-electron chi connectivity index (χ4n) is 2.72. The minimum absolute atomic E-state index is 0. The van der Waals surface area contributed by atoms with Gasteiger partial charge in [-0.25, -0.2) is 0 Å². The van der Waals surface area contributed by atoms with Crippen LogP contribution in [0.3, 0.4) is 0 Å². The first kappa shape index (κ1) is 19.1. The smallest absolute Gasteiger partial charge is 0.191 e. The van der Waals surface area contributed by atoms with Crippen molar-refractivity contribution in [3.8, 4) is 0 Å². The van der Waals surface area contributed by atoms with E-state index in [0.29, 0.717) is 6.04 Å². The molecule has 1 unspecified atom stereocenters. The zero-order valence-electron chi connectivity index (χ0n) is 13.7. The molecule has 0 bridgehead atoms. The van der Waals surface area contributed by atoms with E-state index in [2.05, 4.69) is 57.8 Å². The molecule has 1 aromatic rings. The molecule has 1 aliphatic rings. The third kappa shape index (κ3) is 6.02. The summed E-state index contributed by atoms with van der Waals surface area (Å²) in [6.45, 7) is 5.38. The van der Waals surface area contributed by atoms with Gasteiger partial charge in [-0.05, 0) is 25.0 Å². The highest BCUT2D eigenvalue weighted by molar-refractivity contribution is 14.0. The minimum Gasteiger partial charge on any atom is -0.369 e. The molecule has 1 heterocycles. The van der Waals surface area contributed by atoms with Gasteiger partial charge < -0.3 is 15.5 Å². The molecule has 1 saturated heterocycles. The Balaban J connectivity index is 0.00000242. The summed E-state index contributed by atoms with van der Waals surface area (Å²) in [7, 11) is 1.85. The molecule has 1 aromatic carbocycles. The average molecular weight is 416 g/mol. The molecular formula is C17H29IN4. The Labute approximate surface area is 151 Å². The molecule has 124 valence electrons. The van der Waals surface area contributed by atoms with Crippen molar-refractivity contribution in [1.82, 2.24) is 10.6 Å². The van der Waals surface area contributed by atoms with Crippen LogP contribution in [0.2, 0.25) is 0 Å². The molecule has 5 heteroatoms. The fraction of sp³-hybridized carbons (Fsp3) is 0.588. The quantitative estimate of drug-likeness (QED) is 0.324. The maximum absolute atomic E-state index is 4.32. The predicted molar refractivity (Wildman–Crippen MR) is 106 cm³/mol. The number of unbranched alkanes of at least 4 members (excludes halogenated alkanes) is 2. The Kier molecular flexibility index (Phi) is 9.27. The van der Waals surface area contributed by atoms with Crippen molar-refractivity contribution >= 4 is 35.6 Å². The van der Waals surface area contributed by atoms with E-state index < -0.39 is 0 Å². The molecule has 1 aliphatic heterocycles. The van der Waals surface area contributed by atoms with Gasteiger partial charge in [0, 0.05) is 38.4 Å². The second kappa shape index (κ2) is 10.7. The number of anilines is 1. The van der Waals surface area contributed by atoms with E-state index in [4.69, 9.17) is 0 Å². The summed E-state index contributed by atoms with van der Waals surface area (Å²) in [5.41, 5.74) is 1.31.